The molecule has 8 heteroatoms. The molecule has 1 aromatic carbocycles. The largest absolute Gasteiger partial charge is 0.343 e. The number of carbonyl (C=O) groups is 3. The molecular formula is C19H25ClFN3O3. The van der Waals surface area contributed by atoms with Crippen LogP contribution in [0.4, 0.5) is 4.39 Å². The van der Waals surface area contributed by atoms with Gasteiger partial charge in [0.05, 0.1) is 17.1 Å². The first-order chi connectivity index (χ1) is 12.8. The Morgan fingerprint density at radius 1 is 1.15 bits per heavy atom. The predicted molar refractivity (Wildman–Crippen MR) is 101 cm³/mol. The van der Waals surface area contributed by atoms with Gasteiger partial charge in [-0.1, -0.05) is 31.5 Å². The van der Waals surface area contributed by atoms with Crippen LogP contribution in [0.5, 0.6) is 0 Å². The molecule has 1 aliphatic heterocycles. The number of benzene rings is 1. The molecule has 148 valence electrons. The Kier molecular flexibility index (Phi) is 7.18. The van der Waals surface area contributed by atoms with E-state index < -0.39 is 11.7 Å². The van der Waals surface area contributed by atoms with Crippen LogP contribution in [0.3, 0.4) is 0 Å². The van der Waals surface area contributed by atoms with Gasteiger partial charge in [0.25, 0.3) is 5.91 Å². The second-order valence-electron chi connectivity index (χ2n) is 6.62. The van der Waals surface area contributed by atoms with Gasteiger partial charge in [0.15, 0.2) is 0 Å². The number of nitrogens with zero attached hydrogens (tertiary/aromatic N) is 2. The highest BCUT2D eigenvalue weighted by Crippen LogP contribution is 2.21. The summed E-state index contributed by atoms with van der Waals surface area (Å²) in [6, 6.07) is 3.80. The molecule has 1 saturated heterocycles. The van der Waals surface area contributed by atoms with E-state index in [0.29, 0.717) is 19.5 Å². The van der Waals surface area contributed by atoms with Gasteiger partial charge in [-0.05, 0) is 25.0 Å². The van der Waals surface area contributed by atoms with Gasteiger partial charge in [0, 0.05) is 32.1 Å². The highest BCUT2D eigenvalue weighted by Gasteiger charge is 2.35. The van der Waals surface area contributed by atoms with E-state index in [2.05, 4.69) is 5.32 Å². The van der Waals surface area contributed by atoms with E-state index in [1.165, 1.54) is 19.1 Å². The summed E-state index contributed by atoms with van der Waals surface area (Å²) in [5.74, 6) is -1.73. The number of carbonyl (C=O) groups excluding carboxylic acids is 3. The van der Waals surface area contributed by atoms with E-state index in [9.17, 15) is 18.8 Å². The first-order valence-electron chi connectivity index (χ1n) is 9.08. The van der Waals surface area contributed by atoms with Crippen LogP contribution in [-0.2, 0) is 9.59 Å². The summed E-state index contributed by atoms with van der Waals surface area (Å²) in [5.41, 5.74) is -0.271. The fourth-order valence-corrected chi connectivity index (χ4v) is 3.65. The lowest BCUT2D eigenvalue weighted by molar-refractivity contribution is -0.145. The van der Waals surface area contributed by atoms with Crippen molar-refractivity contribution in [2.45, 2.75) is 45.7 Å². The Balaban J connectivity index is 2.06. The summed E-state index contributed by atoms with van der Waals surface area (Å²) < 4.78 is 13.8. The number of amides is 3. The van der Waals surface area contributed by atoms with Gasteiger partial charge in [0.2, 0.25) is 11.8 Å². The van der Waals surface area contributed by atoms with E-state index in [-0.39, 0.29) is 41.0 Å². The lowest BCUT2D eigenvalue weighted by Gasteiger charge is -2.46. The van der Waals surface area contributed by atoms with Gasteiger partial charge in [-0.25, -0.2) is 4.39 Å². The van der Waals surface area contributed by atoms with Crippen molar-refractivity contribution in [3.63, 3.8) is 0 Å². The fourth-order valence-electron chi connectivity index (χ4n) is 3.40. The molecule has 1 N–H and O–H groups in total. The molecular weight excluding hydrogens is 373 g/mol. The van der Waals surface area contributed by atoms with E-state index >= 15 is 0 Å². The third kappa shape index (κ3) is 4.77. The van der Waals surface area contributed by atoms with Crippen LogP contribution in [0.1, 0.15) is 44.0 Å². The zero-order valence-electron chi connectivity index (χ0n) is 15.8. The second-order valence-corrected chi connectivity index (χ2v) is 7.03. The van der Waals surface area contributed by atoms with E-state index in [1.807, 2.05) is 13.8 Å². The van der Waals surface area contributed by atoms with Crippen LogP contribution in [0.15, 0.2) is 18.2 Å². The molecule has 0 unspecified atom stereocenters. The SMILES string of the molecule is CC[C@H]1CN(C(=O)CNC(=O)c2c(F)cccc2Cl)[C@@H](CC)CN1C(C)=O. The quantitative estimate of drug-likeness (QED) is 0.829. The zero-order valence-corrected chi connectivity index (χ0v) is 16.6. The molecule has 6 nitrogen and oxygen atoms in total. The highest BCUT2D eigenvalue weighted by atomic mass is 35.5. The number of piperazine rings is 1. The first kappa shape index (κ1) is 21.2. The van der Waals surface area contributed by atoms with Crippen molar-refractivity contribution in [3.05, 3.63) is 34.6 Å². The number of nitrogens with one attached hydrogen (secondary N) is 1. The van der Waals surface area contributed by atoms with Crippen molar-refractivity contribution in [2.75, 3.05) is 19.6 Å². The van der Waals surface area contributed by atoms with Crippen molar-refractivity contribution in [1.29, 1.82) is 0 Å². The van der Waals surface area contributed by atoms with Crippen LogP contribution in [-0.4, -0.2) is 59.2 Å². The highest BCUT2D eigenvalue weighted by molar-refractivity contribution is 6.33. The van der Waals surface area contributed by atoms with Gasteiger partial charge in [-0.15, -0.1) is 0 Å². The fraction of sp³-hybridized carbons (Fsp3) is 0.526. The van der Waals surface area contributed by atoms with E-state index in [4.69, 9.17) is 11.6 Å². The average molecular weight is 398 g/mol. The Morgan fingerprint density at radius 2 is 1.74 bits per heavy atom. The van der Waals surface area contributed by atoms with Crippen molar-refractivity contribution in [3.8, 4) is 0 Å². The standard InChI is InChI=1S/C19H25ClFN3O3/c1-4-13-11-24(14(5-2)10-23(13)12(3)25)17(26)9-22-19(27)18-15(20)7-6-8-16(18)21/h6-8,13-14H,4-5,9-11H2,1-3H3,(H,22,27)/t13-,14-/m0/s1. The van der Waals surface area contributed by atoms with Crippen LogP contribution in [0.2, 0.25) is 5.02 Å². The molecule has 2 atom stereocenters. The summed E-state index contributed by atoms with van der Waals surface area (Å²) in [5, 5.41) is 2.45. The molecule has 1 fully saturated rings. The average Bonchev–Trinajstić information content (AvgIpc) is 2.64. The minimum Gasteiger partial charge on any atom is -0.343 e. The minimum absolute atomic E-state index is 0.00473. The summed E-state index contributed by atoms with van der Waals surface area (Å²) >= 11 is 5.88. The normalized spacial score (nSPS) is 19.7. The van der Waals surface area contributed by atoms with Gasteiger partial charge < -0.3 is 15.1 Å². The molecule has 0 spiro atoms. The maximum Gasteiger partial charge on any atom is 0.256 e. The maximum absolute atomic E-state index is 13.8. The number of hydrogen-bond donors (Lipinski definition) is 1. The monoisotopic (exact) mass is 397 g/mol. The number of rotatable bonds is 5. The van der Waals surface area contributed by atoms with Crippen LogP contribution in [0, 0.1) is 5.82 Å². The third-order valence-electron chi connectivity index (χ3n) is 4.95. The Labute approximate surface area is 163 Å². The number of hydrogen-bond acceptors (Lipinski definition) is 3. The number of halogens is 2. The van der Waals surface area contributed by atoms with E-state index in [0.717, 1.165) is 12.5 Å². The molecule has 27 heavy (non-hydrogen) atoms. The van der Waals surface area contributed by atoms with Crippen molar-refractivity contribution >= 4 is 29.3 Å². The Bertz CT molecular complexity index is 708. The predicted octanol–water partition coefficient (Wildman–Crippen LogP) is 2.46. The molecule has 1 heterocycles. The third-order valence-corrected chi connectivity index (χ3v) is 5.27. The van der Waals surface area contributed by atoms with Crippen LogP contribution in [0.25, 0.3) is 0 Å². The minimum atomic E-state index is -0.736. The lowest BCUT2D eigenvalue weighted by atomic mass is 10.0. The molecule has 1 aliphatic rings. The Hall–Kier alpha value is -2.15. The molecule has 0 aliphatic carbocycles. The molecule has 2 rings (SSSR count). The van der Waals surface area contributed by atoms with Crippen molar-refractivity contribution in [1.82, 2.24) is 15.1 Å². The Morgan fingerprint density at radius 3 is 2.30 bits per heavy atom. The molecule has 1 aromatic rings. The van der Waals surface area contributed by atoms with Crippen LogP contribution >= 0.6 is 11.6 Å². The summed E-state index contributed by atoms with van der Waals surface area (Å²) in [7, 11) is 0. The summed E-state index contributed by atoms with van der Waals surface area (Å²) in [6.07, 6.45) is 1.43. The van der Waals surface area contributed by atoms with Gasteiger partial charge in [0.1, 0.15) is 5.82 Å². The molecule has 0 radical (unpaired) electrons. The second kappa shape index (κ2) is 9.17. The van der Waals surface area contributed by atoms with Crippen molar-refractivity contribution in [2.24, 2.45) is 0 Å². The molecule has 0 bridgehead atoms. The summed E-state index contributed by atoms with van der Waals surface area (Å²) in [4.78, 5) is 40.3. The topological polar surface area (TPSA) is 69.7 Å². The first-order valence-corrected chi connectivity index (χ1v) is 9.46. The van der Waals surface area contributed by atoms with Gasteiger partial charge >= 0.3 is 0 Å². The molecule has 0 saturated carbocycles. The summed E-state index contributed by atoms with van der Waals surface area (Å²) in [6.45, 7) is 6.10. The zero-order chi connectivity index (χ0) is 20.1. The van der Waals surface area contributed by atoms with Gasteiger partial charge in [-0.2, -0.15) is 0 Å². The lowest BCUT2D eigenvalue weighted by Crippen LogP contribution is -2.61. The smallest absolute Gasteiger partial charge is 0.256 e. The molecule has 0 aromatic heterocycles. The van der Waals surface area contributed by atoms with E-state index in [1.54, 1.807) is 9.80 Å². The van der Waals surface area contributed by atoms with Crippen molar-refractivity contribution < 1.29 is 18.8 Å². The molecule has 3 amide bonds. The van der Waals surface area contributed by atoms with Gasteiger partial charge in [-0.3, -0.25) is 14.4 Å². The van der Waals surface area contributed by atoms with Crippen LogP contribution < -0.4 is 5.32 Å². The maximum atomic E-state index is 13.8.